The molecule has 0 radical (unpaired) electrons. The van der Waals surface area contributed by atoms with Crippen molar-refractivity contribution in [2.45, 2.75) is 32.4 Å². The Balaban J connectivity index is 0.00000169. The molecule has 14 heavy (non-hydrogen) atoms. The van der Waals surface area contributed by atoms with Crippen LogP contribution in [-0.2, 0) is 6.61 Å². The number of benzene rings is 1. The smallest absolute Gasteiger partial charge is 0.0685 e. The van der Waals surface area contributed by atoms with Crippen LogP contribution in [0, 0.1) is 0 Å². The van der Waals surface area contributed by atoms with E-state index in [4.69, 9.17) is 10.8 Å². The SMILES string of the molecule is CCC[C@H](N)c1ccccc1CO.Cl. The van der Waals surface area contributed by atoms with Crippen molar-refractivity contribution in [1.29, 1.82) is 0 Å². The van der Waals surface area contributed by atoms with Crippen LogP contribution >= 0.6 is 12.4 Å². The van der Waals surface area contributed by atoms with Crippen molar-refractivity contribution in [3.05, 3.63) is 35.4 Å². The average Bonchev–Trinajstić information content (AvgIpc) is 2.18. The van der Waals surface area contributed by atoms with E-state index in [9.17, 15) is 0 Å². The van der Waals surface area contributed by atoms with Gasteiger partial charge in [-0.1, -0.05) is 37.6 Å². The van der Waals surface area contributed by atoms with Crippen molar-refractivity contribution >= 4 is 12.4 Å². The van der Waals surface area contributed by atoms with Gasteiger partial charge in [-0.2, -0.15) is 0 Å². The van der Waals surface area contributed by atoms with Gasteiger partial charge in [-0.15, -0.1) is 12.4 Å². The lowest BCUT2D eigenvalue weighted by molar-refractivity contribution is 0.279. The first-order chi connectivity index (χ1) is 6.29. The van der Waals surface area contributed by atoms with E-state index in [1.54, 1.807) is 0 Å². The van der Waals surface area contributed by atoms with Gasteiger partial charge in [-0.05, 0) is 17.5 Å². The average molecular weight is 216 g/mol. The third-order valence-electron chi connectivity index (χ3n) is 2.22. The van der Waals surface area contributed by atoms with E-state index in [1.165, 1.54) is 0 Å². The van der Waals surface area contributed by atoms with Gasteiger partial charge in [-0.3, -0.25) is 0 Å². The molecule has 80 valence electrons. The summed E-state index contributed by atoms with van der Waals surface area (Å²) in [5.74, 6) is 0. The highest BCUT2D eigenvalue weighted by molar-refractivity contribution is 5.85. The second-order valence-corrected chi connectivity index (χ2v) is 3.25. The Bertz CT molecular complexity index is 265. The van der Waals surface area contributed by atoms with Crippen molar-refractivity contribution in [3.63, 3.8) is 0 Å². The molecule has 0 bridgehead atoms. The van der Waals surface area contributed by atoms with Crippen molar-refractivity contribution < 1.29 is 5.11 Å². The minimum absolute atomic E-state index is 0. The van der Waals surface area contributed by atoms with Crippen LogP contribution in [0.3, 0.4) is 0 Å². The van der Waals surface area contributed by atoms with Gasteiger partial charge >= 0.3 is 0 Å². The van der Waals surface area contributed by atoms with Gasteiger partial charge < -0.3 is 10.8 Å². The fourth-order valence-electron chi connectivity index (χ4n) is 1.51. The zero-order chi connectivity index (χ0) is 9.68. The van der Waals surface area contributed by atoms with Crippen LogP contribution in [0.2, 0.25) is 0 Å². The molecule has 0 saturated carbocycles. The van der Waals surface area contributed by atoms with Crippen LogP contribution < -0.4 is 5.73 Å². The summed E-state index contributed by atoms with van der Waals surface area (Å²) in [7, 11) is 0. The van der Waals surface area contributed by atoms with Gasteiger partial charge in [0.05, 0.1) is 6.61 Å². The Hall–Kier alpha value is -0.570. The van der Waals surface area contributed by atoms with Crippen LogP contribution in [0.5, 0.6) is 0 Å². The molecule has 2 nitrogen and oxygen atoms in total. The molecule has 0 fully saturated rings. The molecule has 0 unspecified atom stereocenters. The van der Waals surface area contributed by atoms with Crippen LogP contribution in [0.25, 0.3) is 0 Å². The lowest BCUT2D eigenvalue weighted by Gasteiger charge is -2.14. The lowest BCUT2D eigenvalue weighted by Crippen LogP contribution is -2.12. The van der Waals surface area contributed by atoms with Crippen LogP contribution in [0.4, 0.5) is 0 Å². The molecule has 3 N–H and O–H groups in total. The molecule has 0 aliphatic heterocycles. The summed E-state index contributed by atoms with van der Waals surface area (Å²) in [5.41, 5.74) is 7.99. The third kappa shape index (κ3) is 3.29. The zero-order valence-corrected chi connectivity index (χ0v) is 9.26. The van der Waals surface area contributed by atoms with E-state index in [2.05, 4.69) is 6.92 Å². The van der Waals surface area contributed by atoms with E-state index < -0.39 is 0 Å². The van der Waals surface area contributed by atoms with Gasteiger partial charge in [0.15, 0.2) is 0 Å². The Morgan fingerprint density at radius 3 is 2.57 bits per heavy atom. The van der Waals surface area contributed by atoms with E-state index in [0.29, 0.717) is 0 Å². The number of hydrogen-bond donors (Lipinski definition) is 2. The van der Waals surface area contributed by atoms with E-state index in [-0.39, 0.29) is 25.1 Å². The third-order valence-corrected chi connectivity index (χ3v) is 2.22. The zero-order valence-electron chi connectivity index (χ0n) is 8.44. The minimum Gasteiger partial charge on any atom is -0.392 e. The highest BCUT2D eigenvalue weighted by Crippen LogP contribution is 2.19. The molecule has 0 aliphatic rings. The predicted octanol–water partition coefficient (Wildman–Crippen LogP) is 2.40. The first-order valence-corrected chi connectivity index (χ1v) is 4.73. The fraction of sp³-hybridized carbons (Fsp3) is 0.455. The number of aliphatic hydroxyl groups excluding tert-OH is 1. The molecule has 1 aromatic carbocycles. The van der Waals surface area contributed by atoms with Crippen LogP contribution in [-0.4, -0.2) is 5.11 Å². The first-order valence-electron chi connectivity index (χ1n) is 4.73. The molecule has 1 aromatic rings. The number of rotatable bonds is 4. The normalized spacial score (nSPS) is 11.9. The van der Waals surface area contributed by atoms with Gasteiger partial charge in [0, 0.05) is 6.04 Å². The second-order valence-electron chi connectivity index (χ2n) is 3.25. The molecule has 0 aromatic heterocycles. The molecule has 0 saturated heterocycles. The summed E-state index contributed by atoms with van der Waals surface area (Å²) < 4.78 is 0. The molecular formula is C11H18ClNO. The second kappa shape index (κ2) is 6.82. The summed E-state index contributed by atoms with van der Waals surface area (Å²) >= 11 is 0. The summed E-state index contributed by atoms with van der Waals surface area (Å²) in [6, 6.07) is 7.86. The Labute approximate surface area is 91.5 Å². The molecule has 0 heterocycles. The van der Waals surface area contributed by atoms with E-state index in [0.717, 1.165) is 24.0 Å². The van der Waals surface area contributed by atoms with Gasteiger partial charge in [0.1, 0.15) is 0 Å². The predicted molar refractivity (Wildman–Crippen MR) is 61.4 cm³/mol. The minimum atomic E-state index is 0. The number of aliphatic hydroxyl groups is 1. The van der Waals surface area contributed by atoms with Gasteiger partial charge in [0.2, 0.25) is 0 Å². The topological polar surface area (TPSA) is 46.2 Å². The first kappa shape index (κ1) is 13.4. The van der Waals surface area contributed by atoms with Crippen molar-refractivity contribution in [2.75, 3.05) is 0 Å². The number of halogens is 1. The Kier molecular flexibility index (Phi) is 6.54. The van der Waals surface area contributed by atoms with Crippen molar-refractivity contribution in [1.82, 2.24) is 0 Å². The van der Waals surface area contributed by atoms with Gasteiger partial charge in [0.25, 0.3) is 0 Å². The summed E-state index contributed by atoms with van der Waals surface area (Å²) in [6.45, 7) is 2.19. The Morgan fingerprint density at radius 2 is 2.00 bits per heavy atom. The van der Waals surface area contributed by atoms with E-state index in [1.807, 2.05) is 24.3 Å². The summed E-state index contributed by atoms with van der Waals surface area (Å²) in [4.78, 5) is 0. The maximum absolute atomic E-state index is 9.08. The highest BCUT2D eigenvalue weighted by Gasteiger charge is 2.08. The molecular weight excluding hydrogens is 198 g/mol. The van der Waals surface area contributed by atoms with Crippen LogP contribution in [0.15, 0.2) is 24.3 Å². The fourth-order valence-corrected chi connectivity index (χ4v) is 1.51. The maximum atomic E-state index is 9.08. The molecule has 0 aliphatic carbocycles. The maximum Gasteiger partial charge on any atom is 0.0685 e. The summed E-state index contributed by atoms with van der Waals surface area (Å²) in [6.07, 6.45) is 2.04. The van der Waals surface area contributed by atoms with Crippen LogP contribution in [0.1, 0.15) is 36.9 Å². The number of hydrogen-bond acceptors (Lipinski definition) is 2. The highest BCUT2D eigenvalue weighted by atomic mass is 35.5. The molecule has 0 spiro atoms. The van der Waals surface area contributed by atoms with Crippen molar-refractivity contribution in [3.8, 4) is 0 Å². The molecule has 1 rings (SSSR count). The van der Waals surface area contributed by atoms with Crippen molar-refractivity contribution in [2.24, 2.45) is 5.73 Å². The molecule has 1 atom stereocenters. The monoisotopic (exact) mass is 215 g/mol. The van der Waals surface area contributed by atoms with Gasteiger partial charge in [-0.25, -0.2) is 0 Å². The van der Waals surface area contributed by atoms with E-state index >= 15 is 0 Å². The molecule has 3 heteroatoms. The number of nitrogens with two attached hydrogens (primary N) is 1. The largest absolute Gasteiger partial charge is 0.392 e. The quantitative estimate of drug-likeness (QED) is 0.810. The Morgan fingerprint density at radius 1 is 1.36 bits per heavy atom. The standard InChI is InChI=1S/C11H17NO.ClH/c1-2-5-11(12)10-7-4-3-6-9(10)8-13;/h3-4,6-7,11,13H,2,5,8,12H2,1H3;1H/t11-;/m0./s1. The summed E-state index contributed by atoms with van der Waals surface area (Å²) in [5, 5.41) is 9.08. The lowest BCUT2D eigenvalue weighted by atomic mass is 9.98. The molecule has 0 amide bonds.